The maximum atomic E-state index is 11.9. The number of hydrogen-bond donors (Lipinski definition) is 2. The van der Waals surface area contributed by atoms with Gasteiger partial charge in [-0.3, -0.25) is 10.1 Å². The van der Waals surface area contributed by atoms with E-state index < -0.39 is 27.8 Å². The summed E-state index contributed by atoms with van der Waals surface area (Å²) in [7, 11) is -3.10. The second-order valence-electron chi connectivity index (χ2n) is 5.62. The van der Waals surface area contributed by atoms with Crippen LogP contribution in [0.4, 0.5) is 4.79 Å². The Kier molecular flexibility index (Phi) is 5.52. The lowest BCUT2D eigenvalue weighted by Gasteiger charge is -2.11. The lowest BCUT2D eigenvalue weighted by molar-refractivity contribution is -0.117. The Bertz CT molecular complexity index is 899. The van der Waals surface area contributed by atoms with Crippen LogP contribution < -0.4 is 10.6 Å². The summed E-state index contributed by atoms with van der Waals surface area (Å²) < 4.78 is 24.2. The van der Waals surface area contributed by atoms with Gasteiger partial charge in [-0.2, -0.15) is 4.68 Å². The van der Waals surface area contributed by atoms with Crippen molar-refractivity contribution in [1.82, 2.24) is 30.8 Å². The van der Waals surface area contributed by atoms with E-state index in [1.54, 1.807) is 0 Å². The number of rotatable bonds is 5. The molecule has 0 aliphatic carbocycles. The molecule has 3 amide bonds. The van der Waals surface area contributed by atoms with Crippen molar-refractivity contribution in [2.45, 2.75) is 17.6 Å². The minimum atomic E-state index is -3.10. The smallest absolute Gasteiger partial charge is 0.321 e. The largest absolute Gasteiger partial charge is 0.334 e. The fourth-order valence-corrected chi connectivity index (χ4v) is 4.79. The number of thioether (sulfide) groups is 1. The summed E-state index contributed by atoms with van der Waals surface area (Å²) in [5.41, 5.74) is 0.751. The average molecular weight is 396 g/mol. The molecule has 12 heteroatoms. The highest BCUT2D eigenvalue weighted by Gasteiger charge is 2.29. The monoisotopic (exact) mass is 396 g/mol. The molecule has 1 aliphatic rings. The van der Waals surface area contributed by atoms with Gasteiger partial charge < -0.3 is 5.32 Å². The molecule has 0 spiro atoms. The van der Waals surface area contributed by atoms with Gasteiger partial charge in [-0.25, -0.2) is 13.2 Å². The predicted octanol–water partition coefficient (Wildman–Crippen LogP) is -0.233. The van der Waals surface area contributed by atoms with Crippen molar-refractivity contribution in [2.75, 3.05) is 17.3 Å². The number of sulfone groups is 1. The molecular formula is C14H16N6O4S2. The second-order valence-corrected chi connectivity index (χ2v) is 8.79. The topological polar surface area (TPSA) is 136 Å². The van der Waals surface area contributed by atoms with Crippen LogP contribution >= 0.6 is 11.8 Å². The maximum Gasteiger partial charge on any atom is 0.321 e. The number of nitrogens with one attached hydrogen (secondary N) is 2. The third kappa shape index (κ3) is 4.79. The van der Waals surface area contributed by atoms with Gasteiger partial charge in [0.15, 0.2) is 9.84 Å². The molecule has 0 radical (unpaired) electrons. The Morgan fingerprint density at radius 2 is 2.04 bits per heavy atom. The molecule has 1 unspecified atom stereocenters. The van der Waals surface area contributed by atoms with Crippen LogP contribution in [0.25, 0.3) is 5.69 Å². The molecule has 1 aromatic carbocycles. The Labute approximate surface area is 153 Å². The van der Waals surface area contributed by atoms with E-state index in [4.69, 9.17) is 0 Å². The van der Waals surface area contributed by atoms with Crippen molar-refractivity contribution < 1.29 is 18.0 Å². The number of benzene rings is 1. The number of imide groups is 1. The van der Waals surface area contributed by atoms with Crippen molar-refractivity contribution in [1.29, 1.82) is 0 Å². The number of urea groups is 1. The molecule has 2 aromatic rings. The molecule has 1 aliphatic heterocycles. The van der Waals surface area contributed by atoms with Gasteiger partial charge in [-0.05, 0) is 29.0 Å². The fraction of sp³-hybridized carbons (Fsp3) is 0.357. The molecule has 1 fully saturated rings. The minimum Gasteiger partial charge on any atom is -0.334 e. The van der Waals surface area contributed by atoms with Gasteiger partial charge in [-0.1, -0.05) is 30.0 Å². The van der Waals surface area contributed by atoms with Gasteiger partial charge in [0.25, 0.3) is 0 Å². The SMILES string of the molecule is O=C(CSc1nnnn1-c1ccccc1)NC(=O)NC1CCS(=O)(=O)C1. The molecule has 26 heavy (non-hydrogen) atoms. The first-order valence-corrected chi connectivity index (χ1v) is 10.5. The molecule has 3 rings (SSSR count). The summed E-state index contributed by atoms with van der Waals surface area (Å²) in [6.07, 6.45) is 0.352. The maximum absolute atomic E-state index is 11.9. The van der Waals surface area contributed by atoms with Gasteiger partial charge in [0.1, 0.15) is 0 Å². The van der Waals surface area contributed by atoms with Gasteiger partial charge in [0.05, 0.1) is 22.9 Å². The van der Waals surface area contributed by atoms with Gasteiger partial charge in [-0.15, -0.1) is 5.10 Å². The number of tetrazole rings is 1. The van der Waals surface area contributed by atoms with Crippen molar-refractivity contribution >= 4 is 33.5 Å². The first kappa shape index (κ1) is 18.3. The van der Waals surface area contributed by atoms with Crippen LogP contribution in [0.1, 0.15) is 6.42 Å². The number of aromatic nitrogens is 4. The highest BCUT2D eigenvalue weighted by atomic mass is 32.2. The molecular weight excluding hydrogens is 380 g/mol. The lowest BCUT2D eigenvalue weighted by Crippen LogP contribution is -2.45. The molecule has 138 valence electrons. The summed E-state index contributed by atoms with van der Waals surface area (Å²) in [5.74, 6) is -0.654. The standard InChI is InChI=1S/C14H16N6O4S2/c21-12(16-13(22)15-10-6-7-26(23,24)9-10)8-25-14-17-18-19-20(14)11-4-2-1-3-5-11/h1-5,10H,6-9H2,(H2,15,16,21,22). The van der Waals surface area contributed by atoms with E-state index in [0.717, 1.165) is 17.4 Å². The van der Waals surface area contributed by atoms with Crippen LogP contribution in [-0.2, 0) is 14.6 Å². The van der Waals surface area contributed by atoms with E-state index in [-0.39, 0.29) is 17.3 Å². The van der Waals surface area contributed by atoms with E-state index >= 15 is 0 Å². The first-order valence-electron chi connectivity index (χ1n) is 7.70. The highest BCUT2D eigenvalue weighted by molar-refractivity contribution is 7.99. The van der Waals surface area contributed by atoms with Crippen LogP contribution in [0.3, 0.4) is 0 Å². The Morgan fingerprint density at radius 1 is 1.27 bits per heavy atom. The third-order valence-electron chi connectivity index (χ3n) is 3.59. The molecule has 1 saturated heterocycles. The van der Waals surface area contributed by atoms with Crippen LogP contribution in [-0.4, -0.2) is 63.9 Å². The molecule has 2 heterocycles. The van der Waals surface area contributed by atoms with Crippen LogP contribution in [0, 0.1) is 0 Å². The zero-order valence-electron chi connectivity index (χ0n) is 13.5. The second kappa shape index (κ2) is 7.83. The minimum absolute atomic E-state index is 0.0455. The van der Waals surface area contributed by atoms with E-state index in [2.05, 4.69) is 26.2 Å². The Morgan fingerprint density at radius 3 is 2.73 bits per heavy atom. The Hall–Kier alpha value is -2.47. The van der Waals surface area contributed by atoms with Crippen molar-refractivity contribution in [3.05, 3.63) is 30.3 Å². The van der Waals surface area contributed by atoms with E-state index in [9.17, 15) is 18.0 Å². The van der Waals surface area contributed by atoms with Crippen molar-refractivity contribution in [3.8, 4) is 5.69 Å². The summed E-state index contributed by atoms with van der Waals surface area (Å²) in [6, 6.07) is 8.01. The normalized spacial score (nSPS) is 18.4. The molecule has 1 atom stereocenters. The molecule has 0 saturated carbocycles. The zero-order chi connectivity index (χ0) is 18.6. The molecule has 2 N–H and O–H groups in total. The Balaban J connectivity index is 1.49. The summed E-state index contributed by atoms with van der Waals surface area (Å²) >= 11 is 1.08. The summed E-state index contributed by atoms with van der Waals surface area (Å²) in [4.78, 5) is 23.7. The van der Waals surface area contributed by atoms with Crippen LogP contribution in [0.2, 0.25) is 0 Å². The lowest BCUT2D eigenvalue weighted by atomic mass is 10.3. The average Bonchev–Trinajstić information content (AvgIpc) is 3.19. The molecule has 1 aromatic heterocycles. The predicted molar refractivity (Wildman–Crippen MR) is 93.6 cm³/mol. The third-order valence-corrected chi connectivity index (χ3v) is 6.28. The number of carbonyl (C=O) groups excluding carboxylic acids is 2. The molecule has 10 nitrogen and oxygen atoms in total. The van der Waals surface area contributed by atoms with Crippen molar-refractivity contribution in [2.24, 2.45) is 0 Å². The van der Waals surface area contributed by atoms with E-state index in [1.807, 2.05) is 30.3 Å². The quantitative estimate of drug-likeness (QED) is 0.661. The highest BCUT2D eigenvalue weighted by Crippen LogP contribution is 2.17. The van der Waals surface area contributed by atoms with E-state index in [1.165, 1.54) is 4.68 Å². The van der Waals surface area contributed by atoms with Crippen LogP contribution in [0.15, 0.2) is 35.5 Å². The number of hydrogen-bond acceptors (Lipinski definition) is 8. The first-order chi connectivity index (χ1) is 12.4. The van der Waals surface area contributed by atoms with Gasteiger partial charge in [0.2, 0.25) is 11.1 Å². The number of para-hydroxylation sites is 1. The number of amides is 3. The van der Waals surface area contributed by atoms with Gasteiger partial charge >= 0.3 is 6.03 Å². The summed E-state index contributed by atoms with van der Waals surface area (Å²) in [5, 5.41) is 16.4. The summed E-state index contributed by atoms with van der Waals surface area (Å²) in [6.45, 7) is 0. The fourth-order valence-electron chi connectivity index (χ4n) is 2.42. The number of nitrogens with zero attached hydrogens (tertiary/aromatic N) is 4. The zero-order valence-corrected chi connectivity index (χ0v) is 15.2. The molecule has 0 bridgehead atoms. The van der Waals surface area contributed by atoms with E-state index in [0.29, 0.717) is 11.6 Å². The van der Waals surface area contributed by atoms with Crippen LogP contribution in [0.5, 0.6) is 0 Å². The van der Waals surface area contributed by atoms with Gasteiger partial charge in [0, 0.05) is 6.04 Å². The number of carbonyl (C=O) groups is 2. The van der Waals surface area contributed by atoms with Crippen molar-refractivity contribution in [3.63, 3.8) is 0 Å².